The molecular weight excluding hydrogens is 198 g/mol. The van der Waals surface area contributed by atoms with Gasteiger partial charge >= 0.3 is 0 Å². The molecule has 0 fully saturated rings. The zero-order valence-electron chi connectivity index (χ0n) is 9.86. The second-order valence-corrected chi connectivity index (χ2v) is 3.76. The summed E-state index contributed by atoms with van der Waals surface area (Å²) in [4.78, 5) is 0. The van der Waals surface area contributed by atoms with Crippen LogP contribution in [0.15, 0.2) is 36.1 Å². The fourth-order valence-electron chi connectivity index (χ4n) is 1.33. The fourth-order valence-corrected chi connectivity index (χ4v) is 1.33. The van der Waals surface area contributed by atoms with Crippen LogP contribution in [0.4, 0.5) is 0 Å². The van der Waals surface area contributed by atoms with Gasteiger partial charge in [0.25, 0.3) is 0 Å². The van der Waals surface area contributed by atoms with Crippen molar-refractivity contribution in [2.45, 2.75) is 33.1 Å². The predicted molar refractivity (Wildman–Crippen MR) is 65.0 cm³/mol. The lowest BCUT2D eigenvalue weighted by Gasteiger charge is -2.08. The summed E-state index contributed by atoms with van der Waals surface area (Å²) in [5.74, 6) is 1.54. The van der Waals surface area contributed by atoms with Crippen molar-refractivity contribution in [2.24, 2.45) is 0 Å². The van der Waals surface area contributed by atoms with Gasteiger partial charge in [-0.15, -0.1) is 0 Å². The molecule has 0 N–H and O–H groups in total. The lowest BCUT2D eigenvalue weighted by atomic mass is 10.2. The van der Waals surface area contributed by atoms with Gasteiger partial charge in [-0.1, -0.05) is 31.0 Å². The molecule has 2 heteroatoms. The lowest BCUT2D eigenvalue weighted by Crippen LogP contribution is -1.95. The monoisotopic (exact) mass is 215 g/mol. The van der Waals surface area contributed by atoms with Crippen LogP contribution in [-0.4, -0.2) is 0 Å². The topological polar surface area (TPSA) is 33.0 Å². The molecule has 0 aliphatic rings. The molecule has 0 spiro atoms. The Balaban J connectivity index is 2.65. The quantitative estimate of drug-likeness (QED) is 0.550. The maximum absolute atomic E-state index is 8.65. The fraction of sp³-hybridized carbons (Fsp3) is 0.357. The zero-order chi connectivity index (χ0) is 11.8. The molecule has 0 bridgehead atoms. The third-order valence-electron chi connectivity index (χ3n) is 2.27. The summed E-state index contributed by atoms with van der Waals surface area (Å²) in [6.07, 6.45) is 4.44. The third-order valence-corrected chi connectivity index (χ3v) is 2.27. The van der Waals surface area contributed by atoms with Gasteiger partial charge in [-0.05, 0) is 25.5 Å². The Labute approximate surface area is 97.2 Å². The van der Waals surface area contributed by atoms with Crippen LogP contribution in [0.2, 0.25) is 0 Å². The first kappa shape index (κ1) is 12.3. The highest BCUT2D eigenvalue weighted by Crippen LogP contribution is 2.17. The number of nitrogens with zero attached hydrogens (tertiary/aromatic N) is 1. The van der Waals surface area contributed by atoms with Gasteiger partial charge < -0.3 is 4.74 Å². The van der Waals surface area contributed by atoms with E-state index in [0.29, 0.717) is 0 Å². The van der Waals surface area contributed by atoms with E-state index in [1.54, 1.807) is 0 Å². The average molecular weight is 215 g/mol. The Hall–Kier alpha value is -1.75. The summed E-state index contributed by atoms with van der Waals surface area (Å²) in [6.45, 7) is 4.16. The van der Waals surface area contributed by atoms with Crippen molar-refractivity contribution < 1.29 is 4.74 Å². The highest BCUT2D eigenvalue weighted by atomic mass is 16.5. The number of rotatable bonds is 5. The summed E-state index contributed by atoms with van der Waals surface area (Å²) < 4.78 is 5.65. The number of hydrogen-bond acceptors (Lipinski definition) is 2. The molecule has 84 valence electrons. The van der Waals surface area contributed by atoms with Crippen molar-refractivity contribution >= 4 is 0 Å². The number of benzene rings is 1. The Kier molecular flexibility index (Phi) is 5.15. The molecular formula is C14H17NO. The first-order chi connectivity index (χ1) is 7.76. The Morgan fingerprint density at radius 2 is 2.06 bits per heavy atom. The largest absolute Gasteiger partial charge is 0.461 e. The second kappa shape index (κ2) is 6.68. The summed E-state index contributed by atoms with van der Waals surface area (Å²) in [6, 6.07) is 9.87. The molecule has 0 aromatic heterocycles. The van der Waals surface area contributed by atoms with Crippen LogP contribution in [0.1, 0.15) is 31.7 Å². The maximum Gasteiger partial charge on any atom is 0.126 e. The number of allylic oxidation sites excluding steroid dienone is 2. The van der Waals surface area contributed by atoms with E-state index in [-0.39, 0.29) is 0 Å². The van der Waals surface area contributed by atoms with Crippen molar-refractivity contribution in [1.29, 1.82) is 5.26 Å². The van der Waals surface area contributed by atoms with E-state index in [0.717, 1.165) is 30.8 Å². The van der Waals surface area contributed by atoms with E-state index in [4.69, 9.17) is 10.00 Å². The van der Waals surface area contributed by atoms with E-state index >= 15 is 0 Å². The number of hydrogen-bond donors (Lipinski definition) is 0. The summed E-state index contributed by atoms with van der Waals surface area (Å²) >= 11 is 0. The standard InChI is InChI=1S/C14H17NO/c1-3-4-5-13(10-11-15)16-14-8-6-12(2)7-9-14/h6-10H,3-5H2,1-2H3/b13-10+. The molecule has 2 nitrogen and oxygen atoms in total. The minimum absolute atomic E-state index is 0.744. The smallest absolute Gasteiger partial charge is 0.126 e. The summed E-state index contributed by atoms with van der Waals surface area (Å²) in [5.41, 5.74) is 1.20. The van der Waals surface area contributed by atoms with Crippen LogP contribution in [0, 0.1) is 18.3 Å². The first-order valence-corrected chi connectivity index (χ1v) is 5.59. The van der Waals surface area contributed by atoms with Crippen LogP contribution in [0.25, 0.3) is 0 Å². The number of unbranched alkanes of at least 4 members (excludes halogenated alkanes) is 1. The first-order valence-electron chi connectivity index (χ1n) is 5.59. The lowest BCUT2D eigenvalue weighted by molar-refractivity contribution is 0.398. The van der Waals surface area contributed by atoms with Gasteiger partial charge in [-0.25, -0.2) is 0 Å². The molecule has 0 saturated heterocycles. The van der Waals surface area contributed by atoms with Crippen LogP contribution in [-0.2, 0) is 0 Å². The van der Waals surface area contributed by atoms with Gasteiger partial charge in [-0.2, -0.15) is 5.26 Å². The Morgan fingerprint density at radius 1 is 1.38 bits per heavy atom. The molecule has 0 amide bonds. The molecule has 0 radical (unpaired) electrons. The number of ether oxygens (including phenoxy) is 1. The molecule has 0 heterocycles. The molecule has 1 aromatic carbocycles. The second-order valence-electron chi connectivity index (χ2n) is 3.76. The van der Waals surface area contributed by atoms with E-state index in [1.807, 2.05) is 37.3 Å². The summed E-state index contributed by atoms with van der Waals surface area (Å²) in [7, 11) is 0. The third kappa shape index (κ3) is 4.18. The van der Waals surface area contributed by atoms with E-state index < -0.39 is 0 Å². The van der Waals surface area contributed by atoms with Crippen LogP contribution >= 0.6 is 0 Å². The van der Waals surface area contributed by atoms with Crippen molar-refractivity contribution in [3.63, 3.8) is 0 Å². The van der Waals surface area contributed by atoms with E-state index in [9.17, 15) is 0 Å². The predicted octanol–water partition coefficient (Wildman–Crippen LogP) is 3.97. The van der Waals surface area contributed by atoms with Crippen molar-refractivity contribution in [2.75, 3.05) is 0 Å². The normalized spacial score (nSPS) is 10.9. The number of nitriles is 1. The molecule has 0 aliphatic heterocycles. The summed E-state index contributed by atoms with van der Waals surface area (Å²) in [5, 5.41) is 8.65. The van der Waals surface area contributed by atoms with E-state index in [2.05, 4.69) is 6.92 Å². The van der Waals surface area contributed by atoms with Gasteiger partial charge in [0.15, 0.2) is 0 Å². The van der Waals surface area contributed by atoms with Crippen molar-refractivity contribution in [3.8, 4) is 11.8 Å². The van der Waals surface area contributed by atoms with E-state index in [1.165, 1.54) is 11.6 Å². The molecule has 0 aliphatic carbocycles. The molecule has 0 saturated carbocycles. The maximum atomic E-state index is 8.65. The van der Waals surface area contributed by atoms with Gasteiger partial charge in [-0.3, -0.25) is 0 Å². The van der Waals surface area contributed by atoms with Gasteiger partial charge in [0.05, 0.1) is 12.1 Å². The van der Waals surface area contributed by atoms with Crippen LogP contribution in [0.5, 0.6) is 5.75 Å². The highest BCUT2D eigenvalue weighted by Gasteiger charge is 2.00. The minimum Gasteiger partial charge on any atom is -0.461 e. The zero-order valence-corrected chi connectivity index (χ0v) is 9.86. The van der Waals surface area contributed by atoms with Gasteiger partial charge in [0.1, 0.15) is 11.5 Å². The van der Waals surface area contributed by atoms with Crippen molar-refractivity contribution in [1.82, 2.24) is 0 Å². The van der Waals surface area contributed by atoms with Gasteiger partial charge in [0, 0.05) is 6.42 Å². The minimum atomic E-state index is 0.744. The Morgan fingerprint density at radius 3 is 2.62 bits per heavy atom. The van der Waals surface area contributed by atoms with Crippen LogP contribution in [0.3, 0.4) is 0 Å². The molecule has 16 heavy (non-hydrogen) atoms. The number of aryl methyl sites for hydroxylation is 1. The molecule has 0 unspecified atom stereocenters. The highest BCUT2D eigenvalue weighted by molar-refractivity contribution is 5.28. The molecule has 0 atom stereocenters. The SMILES string of the molecule is CCCC/C(=C\C#N)Oc1ccc(C)cc1. The molecule has 1 aromatic rings. The van der Waals surface area contributed by atoms with Gasteiger partial charge in [0.2, 0.25) is 0 Å². The average Bonchev–Trinajstić information content (AvgIpc) is 2.29. The van der Waals surface area contributed by atoms with Crippen molar-refractivity contribution in [3.05, 3.63) is 41.7 Å². The molecule has 1 rings (SSSR count). The Bertz CT molecular complexity index is 384. The van der Waals surface area contributed by atoms with Crippen LogP contribution < -0.4 is 4.74 Å².